The van der Waals surface area contributed by atoms with Crippen molar-refractivity contribution in [3.63, 3.8) is 0 Å². The SMILES string of the molecule is C[C@@H](NC(=O)c1ccccc1-c1ncc(-c2ccccc2)o1)c1ccc(Cl)cc1. The first-order valence-corrected chi connectivity index (χ1v) is 9.66. The molecule has 144 valence electrons. The molecule has 0 saturated carbocycles. The maximum absolute atomic E-state index is 13.0. The van der Waals surface area contributed by atoms with E-state index >= 15 is 0 Å². The van der Waals surface area contributed by atoms with E-state index in [9.17, 15) is 4.79 Å². The minimum absolute atomic E-state index is 0.169. The van der Waals surface area contributed by atoms with Gasteiger partial charge in [-0.1, -0.05) is 66.2 Å². The third kappa shape index (κ3) is 4.23. The van der Waals surface area contributed by atoms with Crippen molar-refractivity contribution in [2.24, 2.45) is 0 Å². The Morgan fingerprint density at radius 2 is 1.66 bits per heavy atom. The van der Waals surface area contributed by atoms with Gasteiger partial charge in [-0.25, -0.2) is 4.98 Å². The number of halogens is 1. The number of carbonyl (C=O) groups is 1. The fraction of sp³-hybridized carbons (Fsp3) is 0.0833. The van der Waals surface area contributed by atoms with E-state index in [0.29, 0.717) is 27.8 Å². The molecular weight excluding hydrogens is 384 g/mol. The van der Waals surface area contributed by atoms with Gasteiger partial charge in [0.1, 0.15) is 0 Å². The first-order valence-electron chi connectivity index (χ1n) is 9.29. The first kappa shape index (κ1) is 19.0. The predicted octanol–water partition coefficient (Wildman–Crippen LogP) is 6.15. The molecule has 1 atom stereocenters. The van der Waals surface area contributed by atoms with Crippen LogP contribution in [0.1, 0.15) is 28.9 Å². The smallest absolute Gasteiger partial charge is 0.252 e. The molecule has 1 aromatic heterocycles. The predicted molar refractivity (Wildman–Crippen MR) is 115 cm³/mol. The highest BCUT2D eigenvalue weighted by molar-refractivity contribution is 6.30. The van der Waals surface area contributed by atoms with E-state index in [1.807, 2.05) is 79.7 Å². The van der Waals surface area contributed by atoms with Crippen LogP contribution in [0.5, 0.6) is 0 Å². The zero-order valence-electron chi connectivity index (χ0n) is 15.8. The molecule has 0 bridgehead atoms. The Morgan fingerprint density at radius 1 is 0.966 bits per heavy atom. The fourth-order valence-corrected chi connectivity index (χ4v) is 3.24. The molecule has 0 radical (unpaired) electrons. The molecule has 4 aromatic rings. The molecule has 0 fully saturated rings. The second kappa shape index (κ2) is 8.33. The lowest BCUT2D eigenvalue weighted by Crippen LogP contribution is -2.27. The van der Waals surface area contributed by atoms with Crippen molar-refractivity contribution in [2.45, 2.75) is 13.0 Å². The molecule has 4 nitrogen and oxygen atoms in total. The summed E-state index contributed by atoms with van der Waals surface area (Å²) >= 11 is 5.95. The number of oxazole rings is 1. The Kier molecular flexibility index (Phi) is 5.45. The van der Waals surface area contributed by atoms with Crippen molar-refractivity contribution in [3.05, 3.63) is 101 Å². The molecule has 1 heterocycles. The highest BCUT2D eigenvalue weighted by atomic mass is 35.5. The van der Waals surface area contributed by atoms with Crippen LogP contribution in [0.15, 0.2) is 89.5 Å². The Morgan fingerprint density at radius 3 is 2.41 bits per heavy atom. The Hall–Kier alpha value is -3.37. The summed E-state index contributed by atoms with van der Waals surface area (Å²) in [5.41, 5.74) is 3.07. The molecule has 0 aliphatic rings. The third-order valence-electron chi connectivity index (χ3n) is 4.68. The largest absolute Gasteiger partial charge is 0.436 e. The van der Waals surface area contributed by atoms with Gasteiger partial charge in [0.05, 0.1) is 17.8 Å². The van der Waals surface area contributed by atoms with Crippen LogP contribution in [0.25, 0.3) is 22.8 Å². The van der Waals surface area contributed by atoms with Gasteiger partial charge in [0.15, 0.2) is 5.76 Å². The van der Waals surface area contributed by atoms with Crippen molar-refractivity contribution in [2.75, 3.05) is 0 Å². The number of amides is 1. The van der Waals surface area contributed by atoms with Crippen LogP contribution in [0.3, 0.4) is 0 Å². The number of carbonyl (C=O) groups excluding carboxylic acids is 1. The highest BCUT2D eigenvalue weighted by Crippen LogP contribution is 2.28. The number of nitrogens with one attached hydrogen (secondary N) is 1. The van der Waals surface area contributed by atoms with Crippen molar-refractivity contribution >= 4 is 17.5 Å². The molecule has 29 heavy (non-hydrogen) atoms. The molecule has 1 N–H and O–H groups in total. The maximum Gasteiger partial charge on any atom is 0.252 e. The van der Waals surface area contributed by atoms with Gasteiger partial charge in [-0.15, -0.1) is 0 Å². The Bertz CT molecular complexity index is 1120. The van der Waals surface area contributed by atoms with Crippen LogP contribution in [-0.2, 0) is 0 Å². The summed E-state index contributed by atoms with van der Waals surface area (Å²) in [5, 5.41) is 3.69. The van der Waals surface area contributed by atoms with Crippen LogP contribution in [0.4, 0.5) is 0 Å². The normalized spacial score (nSPS) is 11.8. The summed E-state index contributed by atoms with van der Waals surface area (Å²) in [6.45, 7) is 1.93. The number of hydrogen-bond acceptors (Lipinski definition) is 3. The second-order valence-corrected chi connectivity index (χ2v) is 7.12. The van der Waals surface area contributed by atoms with Crippen LogP contribution in [-0.4, -0.2) is 10.9 Å². The van der Waals surface area contributed by atoms with E-state index in [4.69, 9.17) is 16.0 Å². The Balaban J connectivity index is 1.59. The molecule has 4 rings (SSSR count). The summed E-state index contributed by atoms with van der Waals surface area (Å²) in [6, 6.07) is 24.3. The fourth-order valence-electron chi connectivity index (χ4n) is 3.11. The molecule has 0 saturated heterocycles. The lowest BCUT2D eigenvalue weighted by Gasteiger charge is -2.15. The van der Waals surface area contributed by atoms with Gasteiger partial charge < -0.3 is 9.73 Å². The van der Waals surface area contributed by atoms with E-state index in [1.165, 1.54) is 0 Å². The summed E-state index contributed by atoms with van der Waals surface area (Å²) in [6.07, 6.45) is 1.68. The zero-order valence-corrected chi connectivity index (χ0v) is 16.6. The third-order valence-corrected chi connectivity index (χ3v) is 4.94. The van der Waals surface area contributed by atoms with Crippen LogP contribution in [0.2, 0.25) is 5.02 Å². The number of rotatable bonds is 5. The summed E-state index contributed by atoms with van der Waals surface area (Å²) < 4.78 is 5.94. The molecule has 3 aromatic carbocycles. The van der Waals surface area contributed by atoms with Crippen LogP contribution in [0, 0.1) is 0 Å². The van der Waals surface area contributed by atoms with E-state index in [1.54, 1.807) is 12.3 Å². The lowest BCUT2D eigenvalue weighted by atomic mass is 10.0. The monoisotopic (exact) mass is 402 g/mol. The summed E-state index contributed by atoms with van der Waals surface area (Å²) in [7, 11) is 0. The minimum atomic E-state index is -0.192. The van der Waals surface area contributed by atoms with Gasteiger partial charge in [0.2, 0.25) is 5.89 Å². The van der Waals surface area contributed by atoms with E-state index in [-0.39, 0.29) is 11.9 Å². The summed E-state index contributed by atoms with van der Waals surface area (Å²) in [4.78, 5) is 17.4. The minimum Gasteiger partial charge on any atom is -0.436 e. The van der Waals surface area contributed by atoms with E-state index < -0.39 is 0 Å². The average Bonchev–Trinajstić information content (AvgIpc) is 3.25. The van der Waals surface area contributed by atoms with Gasteiger partial charge >= 0.3 is 0 Å². The molecule has 0 aliphatic carbocycles. The quantitative estimate of drug-likeness (QED) is 0.435. The molecular formula is C24H19ClN2O2. The second-order valence-electron chi connectivity index (χ2n) is 6.69. The zero-order chi connectivity index (χ0) is 20.2. The molecule has 5 heteroatoms. The lowest BCUT2D eigenvalue weighted by molar-refractivity contribution is 0.0940. The van der Waals surface area contributed by atoms with E-state index in [2.05, 4.69) is 10.3 Å². The van der Waals surface area contributed by atoms with Gasteiger partial charge in [-0.05, 0) is 36.8 Å². The molecule has 1 amide bonds. The molecule has 0 unspecified atom stereocenters. The number of aromatic nitrogens is 1. The van der Waals surface area contributed by atoms with Gasteiger partial charge in [0, 0.05) is 16.1 Å². The maximum atomic E-state index is 13.0. The molecule has 0 aliphatic heterocycles. The van der Waals surface area contributed by atoms with Crippen molar-refractivity contribution in [1.82, 2.24) is 10.3 Å². The number of nitrogens with zero attached hydrogens (tertiary/aromatic N) is 1. The number of benzene rings is 3. The van der Waals surface area contributed by atoms with E-state index in [0.717, 1.165) is 11.1 Å². The van der Waals surface area contributed by atoms with Crippen molar-refractivity contribution < 1.29 is 9.21 Å². The van der Waals surface area contributed by atoms with Crippen LogP contribution >= 0.6 is 11.6 Å². The highest BCUT2D eigenvalue weighted by Gasteiger charge is 2.18. The van der Waals surface area contributed by atoms with Gasteiger partial charge in [0.25, 0.3) is 5.91 Å². The van der Waals surface area contributed by atoms with Crippen molar-refractivity contribution in [1.29, 1.82) is 0 Å². The molecule has 0 spiro atoms. The first-order chi connectivity index (χ1) is 14.1. The standard InChI is InChI=1S/C24H19ClN2O2/c1-16(17-11-13-19(25)14-12-17)27-23(28)20-9-5-6-10-21(20)24-26-15-22(29-24)18-7-3-2-4-8-18/h2-16H,1H3,(H,27,28)/t16-/m1/s1. The van der Waals surface area contributed by atoms with Gasteiger partial charge in [-0.2, -0.15) is 0 Å². The topological polar surface area (TPSA) is 55.1 Å². The summed E-state index contributed by atoms with van der Waals surface area (Å²) in [5.74, 6) is 0.876. The Labute approximate surface area is 174 Å². The van der Waals surface area contributed by atoms with Gasteiger partial charge in [-0.3, -0.25) is 4.79 Å². The average molecular weight is 403 g/mol. The van der Waals surface area contributed by atoms with Crippen molar-refractivity contribution in [3.8, 4) is 22.8 Å². The number of hydrogen-bond donors (Lipinski definition) is 1. The van der Waals surface area contributed by atoms with Crippen LogP contribution < -0.4 is 5.32 Å².